The predicted molar refractivity (Wildman–Crippen MR) is 70.3 cm³/mol. The summed E-state index contributed by atoms with van der Waals surface area (Å²) in [5.41, 5.74) is 3.49. The van der Waals surface area contributed by atoms with Crippen LogP contribution in [0.2, 0.25) is 0 Å². The monoisotopic (exact) mass is 232 g/mol. The summed E-state index contributed by atoms with van der Waals surface area (Å²) in [5, 5.41) is 6.19. The zero-order valence-electron chi connectivity index (χ0n) is 10.4. The Morgan fingerprint density at radius 3 is 3.06 bits per heavy atom. The van der Waals surface area contributed by atoms with E-state index >= 15 is 0 Å². The van der Waals surface area contributed by atoms with E-state index in [2.05, 4.69) is 29.7 Å². The zero-order chi connectivity index (χ0) is 12.1. The molecular weight excluding hydrogens is 212 g/mol. The van der Waals surface area contributed by atoms with E-state index in [1.54, 1.807) is 0 Å². The molecule has 0 aromatic heterocycles. The molecule has 0 spiro atoms. The Hall–Kier alpha value is -1.35. The molecule has 92 valence electrons. The Kier molecular flexibility index (Phi) is 4.15. The van der Waals surface area contributed by atoms with Crippen LogP contribution in [-0.2, 0) is 17.6 Å². The Labute approximate surface area is 103 Å². The van der Waals surface area contributed by atoms with E-state index in [1.165, 1.54) is 18.4 Å². The third-order valence-corrected chi connectivity index (χ3v) is 3.11. The van der Waals surface area contributed by atoms with Crippen LogP contribution in [0.5, 0.6) is 0 Å². The molecule has 0 unspecified atom stereocenters. The minimum atomic E-state index is 0.115. The van der Waals surface area contributed by atoms with Gasteiger partial charge in [0.25, 0.3) is 0 Å². The number of hydrogen-bond donors (Lipinski definition) is 2. The van der Waals surface area contributed by atoms with E-state index in [0.29, 0.717) is 6.42 Å². The highest BCUT2D eigenvalue weighted by Crippen LogP contribution is 2.24. The zero-order valence-corrected chi connectivity index (χ0v) is 10.4. The second-order valence-corrected chi connectivity index (χ2v) is 4.53. The van der Waals surface area contributed by atoms with E-state index in [-0.39, 0.29) is 5.91 Å². The molecule has 0 fully saturated rings. The van der Waals surface area contributed by atoms with Gasteiger partial charge in [0.1, 0.15) is 0 Å². The fourth-order valence-electron chi connectivity index (χ4n) is 2.19. The maximum atomic E-state index is 11.2. The summed E-state index contributed by atoms with van der Waals surface area (Å²) in [6.07, 6.45) is 4.06. The van der Waals surface area contributed by atoms with Gasteiger partial charge in [0.05, 0.1) is 6.42 Å². The second kappa shape index (κ2) is 5.82. The van der Waals surface area contributed by atoms with Gasteiger partial charge in [-0.15, -0.1) is 0 Å². The summed E-state index contributed by atoms with van der Waals surface area (Å²) >= 11 is 0. The summed E-state index contributed by atoms with van der Waals surface area (Å²) in [6, 6.07) is 6.32. The minimum absolute atomic E-state index is 0.115. The van der Waals surface area contributed by atoms with Crippen molar-refractivity contribution in [2.24, 2.45) is 0 Å². The van der Waals surface area contributed by atoms with Crippen molar-refractivity contribution in [1.29, 1.82) is 0 Å². The first-order chi connectivity index (χ1) is 8.29. The van der Waals surface area contributed by atoms with E-state index < -0.39 is 0 Å². The third kappa shape index (κ3) is 3.30. The average Bonchev–Trinajstić information content (AvgIpc) is 2.68. The van der Waals surface area contributed by atoms with Crippen LogP contribution < -0.4 is 10.6 Å². The standard InChI is InChI=1S/C14H20N2O/c1-2-15-8-4-3-5-11-6-7-13-12(9-11)10-14(17)16-13/h6-7,9,15H,2-5,8,10H2,1H3,(H,16,17). The number of benzene rings is 1. The molecule has 0 saturated carbocycles. The van der Waals surface area contributed by atoms with E-state index in [4.69, 9.17) is 0 Å². The van der Waals surface area contributed by atoms with Crippen LogP contribution in [0.1, 0.15) is 30.9 Å². The number of fused-ring (bicyclic) bond motifs is 1. The number of amides is 1. The van der Waals surface area contributed by atoms with Crippen molar-refractivity contribution in [3.63, 3.8) is 0 Å². The van der Waals surface area contributed by atoms with Gasteiger partial charge in [-0.05, 0) is 49.5 Å². The molecule has 2 rings (SSSR count). The first-order valence-corrected chi connectivity index (χ1v) is 6.42. The Morgan fingerprint density at radius 2 is 2.24 bits per heavy atom. The normalized spacial score (nSPS) is 13.6. The average molecular weight is 232 g/mol. The van der Waals surface area contributed by atoms with Gasteiger partial charge in [-0.25, -0.2) is 0 Å². The summed E-state index contributed by atoms with van der Waals surface area (Å²) in [6.45, 7) is 4.28. The van der Waals surface area contributed by atoms with Crippen LogP contribution in [0.3, 0.4) is 0 Å². The molecule has 0 bridgehead atoms. The van der Waals surface area contributed by atoms with Crippen molar-refractivity contribution in [3.05, 3.63) is 29.3 Å². The number of aryl methyl sites for hydroxylation is 1. The first-order valence-electron chi connectivity index (χ1n) is 6.42. The quantitative estimate of drug-likeness (QED) is 0.738. The number of anilines is 1. The lowest BCUT2D eigenvalue weighted by Crippen LogP contribution is -2.13. The van der Waals surface area contributed by atoms with Crippen LogP contribution in [0.25, 0.3) is 0 Å². The number of nitrogens with one attached hydrogen (secondary N) is 2. The summed E-state index contributed by atoms with van der Waals surface area (Å²) in [7, 11) is 0. The lowest BCUT2D eigenvalue weighted by molar-refractivity contribution is -0.115. The van der Waals surface area contributed by atoms with Gasteiger partial charge in [0, 0.05) is 5.69 Å². The van der Waals surface area contributed by atoms with Crippen LogP contribution in [0, 0.1) is 0 Å². The van der Waals surface area contributed by atoms with E-state index in [0.717, 1.165) is 30.8 Å². The maximum Gasteiger partial charge on any atom is 0.228 e. The molecule has 1 amide bonds. The fraction of sp³-hybridized carbons (Fsp3) is 0.500. The summed E-state index contributed by atoms with van der Waals surface area (Å²) in [4.78, 5) is 11.2. The highest BCUT2D eigenvalue weighted by molar-refractivity contribution is 5.99. The molecule has 0 radical (unpaired) electrons. The van der Waals surface area contributed by atoms with Crippen molar-refractivity contribution in [1.82, 2.24) is 5.32 Å². The SMILES string of the molecule is CCNCCCCc1ccc2c(c1)CC(=O)N2. The van der Waals surface area contributed by atoms with Crippen molar-refractivity contribution in [2.75, 3.05) is 18.4 Å². The van der Waals surface area contributed by atoms with Gasteiger partial charge in [-0.2, -0.15) is 0 Å². The molecular formula is C14H20N2O. The van der Waals surface area contributed by atoms with E-state index in [1.807, 2.05) is 6.07 Å². The first kappa shape index (κ1) is 12.1. The number of hydrogen-bond acceptors (Lipinski definition) is 2. The van der Waals surface area contributed by atoms with Gasteiger partial charge in [0.15, 0.2) is 0 Å². The molecule has 1 aromatic carbocycles. The molecule has 0 aliphatic carbocycles. The van der Waals surface area contributed by atoms with Crippen molar-refractivity contribution >= 4 is 11.6 Å². The molecule has 3 heteroatoms. The molecule has 0 atom stereocenters. The van der Waals surface area contributed by atoms with Crippen molar-refractivity contribution in [3.8, 4) is 0 Å². The van der Waals surface area contributed by atoms with Crippen LogP contribution in [0.4, 0.5) is 5.69 Å². The topological polar surface area (TPSA) is 41.1 Å². The smallest absolute Gasteiger partial charge is 0.228 e. The Balaban J connectivity index is 1.82. The molecule has 1 aromatic rings. The lowest BCUT2D eigenvalue weighted by atomic mass is 10.0. The summed E-state index contributed by atoms with van der Waals surface area (Å²) in [5.74, 6) is 0.115. The number of unbranched alkanes of at least 4 members (excludes halogenated alkanes) is 1. The van der Waals surface area contributed by atoms with Crippen LogP contribution >= 0.6 is 0 Å². The van der Waals surface area contributed by atoms with Gasteiger partial charge < -0.3 is 10.6 Å². The van der Waals surface area contributed by atoms with Gasteiger partial charge in [0.2, 0.25) is 5.91 Å². The lowest BCUT2D eigenvalue weighted by Gasteiger charge is -2.05. The maximum absolute atomic E-state index is 11.2. The third-order valence-electron chi connectivity index (χ3n) is 3.11. The highest BCUT2D eigenvalue weighted by Gasteiger charge is 2.16. The second-order valence-electron chi connectivity index (χ2n) is 4.53. The van der Waals surface area contributed by atoms with Crippen LogP contribution in [0.15, 0.2) is 18.2 Å². The minimum Gasteiger partial charge on any atom is -0.326 e. The molecule has 1 aliphatic rings. The number of carbonyl (C=O) groups is 1. The Bertz CT molecular complexity index is 401. The van der Waals surface area contributed by atoms with Crippen molar-refractivity contribution < 1.29 is 4.79 Å². The largest absolute Gasteiger partial charge is 0.326 e. The molecule has 1 aliphatic heterocycles. The van der Waals surface area contributed by atoms with Gasteiger partial charge >= 0.3 is 0 Å². The van der Waals surface area contributed by atoms with Crippen molar-refractivity contribution in [2.45, 2.75) is 32.6 Å². The van der Waals surface area contributed by atoms with E-state index in [9.17, 15) is 4.79 Å². The summed E-state index contributed by atoms with van der Waals surface area (Å²) < 4.78 is 0. The number of rotatable bonds is 6. The Morgan fingerprint density at radius 1 is 1.35 bits per heavy atom. The predicted octanol–water partition coefficient (Wildman–Crippen LogP) is 2.11. The fourth-order valence-corrected chi connectivity index (χ4v) is 2.19. The molecule has 2 N–H and O–H groups in total. The number of carbonyl (C=O) groups excluding carboxylic acids is 1. The molecule has 3 nitrogen and oxygen atoms in total. The van der Waals surface area contributed by atoms with Gasteiger partial charge in [-0.1, -0.05) is 19.1 Å². The van der Waals surface area contributed by atoms with Gasteiger partial charge in [-0.3, -0.25) is 4.79 Å². The molecule has 17 heavy (non-hydrogen) atoms. The van der Waals surface area contributed by atoms with Crippen LogP contribution in [-0.4, -0.2) is 19.0 Å². The highest BCUT2D eigenvalue weighted by atomic mass is 16.1. The molecule has 1 heterocycles. The molecule has 0 saturated heterocycles.